The number of halogens is 1. The number of anilines is 1. The Balaban J connectivity index is 1.35. The van der Waals surface area contributed by atoms with E-state index < -0.39 is 0 Å². The minimum atomic E-state index is -0.293. The number of pyridine rings is 1. The number of nitrogens with zero attached hydrogens (tertiary/aromatic N) is 3. The molecule has 2 aromatic carbocycles. The Bertz CT molecular complexity index is 1050. The number of aromatic nitrogens is 1. The molecule has 0 bridgehead atoms. The fourth-order valence-corrected chi connectivity index (χ4v) is 4.02. The van der Waals surface area contributed by atoms with Crippen LogP contribution in [0.4, 0.5) is 10.1 Å². The van der Waals surface area contributed by atoms with Crippen molar-refractivity contribution in [3.8, 4) is 11.3 Å². The van der Waals surface area contributed by atoms with Gasteiger partial charge >= 0.3 is 0 Å². The van der Waals surface area contributed by atoms with Crippen LogP contribution in [0, 0.1) is 5.82 Å². The first-order valence-corrected chi connectivity index (χ1v) is 11.0. The topological polar surface area (TPSA) is 48.5 Å². The number of carbonyl (C=O) groups is 1. The number of rotatable bonds is 6. The van der Waals surface area contributed by atoms with Crippen LogP contribution in [0.2, 0.25) is 0 Å². The fourth-order valence-electron chi connectivity index (χ4n) is 4.02. The third-order valence-electron chi connectivity index (χ3n) is 5.86. The van der Waals surface area contributed by atoms with Crippen molar-refractivity contribution in [2.24, 2.45) is 0 Å². The molecule has 2 heterocycles. The smallest absolute Gasteiger partial charge is 0.231 e. The molecule has 1 aromatic heterocycles. The number of piperazine rings is 1. The van der Waals surface area contributed by atoms with Crippen LogP contribution in [-0.2, 0) is 17.8 Å². The van der Waals surface area contributed by atoms with Gasteiger partial charge in [0.1, 0.15) is 5.82 Å². The maximum Gasteiger partial charge on any atom is 0.231 e. The van der Waals surface area contributed by atoms with Crippen molar-refractivity contribution in [3.05, 3.63) is 83.8 Å². The summed E-state index contributed by atoms with van der Waals surface area (Å²) in [6.45, 7) is 6.25. The normalized spacial score (nSPS) is 16.7. The molecule has 3 aromatic rings. The van der Waals surface area contributed by atoms with Crippen molar-refractivity contribution < 1.29 is 9.18 Å². The third kappa shape index (κ3) is 5.58. The summed E-state index contributed by atoms with van der Waals surface area (Å²) in [7, 11) is 1.80. The van der Waals surface area contributed by atoms with Crippen LogP contribution < -0.4 is 10.2 Å². The molecule has 0 saturated carbocycles. The van der Waals surface area contributed by atoms with Crippen LogP contribution >= 0.6 is 0 Å². The van der Waals surface area contributed by atoms with Crippen molar-refractivity contribution in [2.45, 2.75) is 25.9 Å². The van der Waals surface area contributed by atoms with Crippen molar-refractivity contribution >= 4 is 11.6 Å². The lowest BCUT2D eigenvalue weighted by Gasteiger charge is -2.31. The predicted molar refractivity (Wildman–Crippen MR) is 126 cm³/mol. The van der Waals surface area contributed by atoms with Crippen LogP contribution in [0.5, 0.6) is 0 Å². The Kier molecular flexibility index (Phi) is 6.93. The van der Waals surface area contributed by atoms with E-state index in [2.05, 4.69) is 34.3 Å². The third-order valence-corrected chi connectivity index (χ3v) is 5.86. The van der Waals surface area contributed by atoms with E-state index in [0.717, 1.165) is 43.0 Å². The molecule has 1 N–H and O–H groups in total. The second-order valence-electron chi connectivity index (χ2n) is 8.45. The number of hydrogen-bond donors (Lipinski definition) is 1. The highest BCUT2D eigenvalue weighted by atomic mass is 19.1. The number of nitrogens with one attached hydrogen (secondary N) is 1. The van der Waals surface area contributed by atoms with Gasteiger partial charge in [0.05, 0.1) is 12.1 Å². The zero-order chi connectivity index (χ0) is 22.5. The molecule has 5 nitrogen and oxygen atoms in total. The molecule has 1 aliphatic heterocycles. The van der Waals surface area contributed by atoms with Gasteiger partial charge in [0.15, 0.2) is 0 Å². The largest absolute Gasteiger partial charge is 0.315 e. The molecular formula is C26H29FN4O. The molecular weight excluding hydrogens is 403 g/mol. The van der Waals surface area contributed by atoms with Gasteiger partial charge in [0.25, 0.3) is 0 Å². The zero-order valence-corrected chi connectivity index (χ0v) is 18.6. The van der Waals surface area contributed by atoms with E-state index >= 15 is 0 Å². The number of likely N-dealkylation sites (N-methyl/N-ethyl adjacent to an activating group) is 1. The molecule has 0 aliphatic carbocycles. The van der Waals surface area contributed by atoms with Crippen molar-refractivity contribution in [2.75, 3.05) is 31.6 Å². The number of carbonyl (C=O) groups excluding carboxylic acids is 1. The standard InChI is InChI=1S/C26H29FN4O/c1-19-17-31(13-12-28-19)18-20-6-9-24(10-7-20)30(2)26(32)14-21-8-11-25(29-16-21)22-4-3-5-23(27)15-22/h3-11,15-16,19,28H,12-14,17-18H2,1-2H3/t19-/m0/s1. The van der Waals surface area contributed by atoms with E-state index in [4.69, 9.17) is 0 Å². The quantitative estimate of drug-likeness (QED) is 0.642. The van der Waals surface area contributed by atoms with E-state index in [1.165, 1.54) is 17.7 Å². The van der Waals surface area contributed by atoms with Crippen molar-refractivity contribution in [1.29, 1.82) is 0 Å². The van der Waals surface area contributed by atoms with Crippen LogP contribution in [-0.4, -0.2) is 48.5 Å². The van der Waals surface area contributed by atoms with E-state index in [-0.39, 0.29) is 18.1 Å². The summed E-state index contributed by atoms with van der Waals surface area (Å²) in [5.41, 5.74) is 4.35. The van der Waals surface area contributed by atoms with E-state index in [9.17, 15) is 9.18 Å². The molecule has 0 radical (unpaired) electrons. The van der Waals surface area contributed by atoms with Gasteiger partial charge in [0, 0.05) is 56.7 Å². The number of benzene rings is 2. The molecule has 0 spiro atoms. The molecule has 32 heavy (non-hydrogen) atoms. The van der Waals surface area contributed by atoms with Crippen LogP contribution in [0.3, 0.4) is 0 Å². The lowest BCUT2D eigenvalue weighted by molar-refractivity contribution is -0.117. The van der Waals surface area contributed by atoms with Crippen LogP contribution in [0.15, 0.2) is 66.9 Å². The lowest BCUT2D eigenvalue weighted by Crippen LogP contribution is -2.48. The number of hydrogen-bond acceptors (Lipinski definition) is 4. The van der Waals surface area contributed by atoms with Gasteiger partial charge in [-0.3, -0.25) is 14.7 Å². The Morgan fingerprint density at radius 1 is 1.16 bits per heavy atom. The van der Waals surface area contributed by atoms with Crippen molar-refractivity contribution in [3.63, 3.8) is 0 Å². The van der Waals surface area contributed by atoms with Gasteiger partial charge < -0.3 is 10.2 Å². The highest BCUT2D eigenvalue weighted by Gasteiger charge is 2.16. The predicted octanol–water partition coefficient (Wildman–Crippen LogP) is 3.89. The van der Waals surface area contributed by atoms with Crippen molar-refractivity contribution in [1.82, 2.24) is 15.2 Å². The highest BCUT2D eigenvalue weighted by molar-refractivity contribution is 5.94. The summed E-state index contributed by atoms with van der Waals surface area (Å²) < 4.78 is 13.4. The zero-order valence-electron chi connectivity index (χ0n) is 18.6. The Labute approximate surface area is 188 Å². The molecule has 1 aliphatic rings. The monoisotopic (exact) mass is 432 g/mol. The van der Waals surface area contributed by atoms with Crippen LogP contribution in [0.1, 0.15) is 18.1 Å². The maximum absolute atomic E-state index is 13.4. The second-order valence-corrected chi connectivity index (χ2v) is 8.45. The molecule has 1 saturated heterocycles. The average Bonchev–Trinajstić information content (AvgIpc) is 2.79. The molecule has 1 fully saturated rings. The average molecular weight is 433 g/mol. The van der Waals surface area contributed by atoms with E-state index in [1.807, 2.05) is 30.3 Å². The van der Waals surface area contributed by atoms with Crippen LogP contribution in [0.25, 0.3) is 11.3 Å². The Morgan fingerprint density at radius 3 is 2.62 bits per heavy atom. The first-order valence-electron chi connectivity index (χ1n) is 11.0. The molecule has 4 rings (SSSR count). The minimum Gasteiger partial charge on any atom is -0.315 e. The molecule has 1 atom stereocenters. The molecule has 0 unspecified atom stereocenters. The fraction of sp³-hybridized carbons (Fsp3) is 0.308. The summed E-state index contributed by atoms with van der Waals surface area (Å²) in [4.78, 5) is 21.3. The summed E-state index contributed by atoms with van der Waals surface area (Å²) in [5.74, 6) is -0.298. The minimum absolute atomic E-state index is 0.00557. The summed E-state index contributed by atoms with van der Waals surface area (Å²) in [6, 6.07) is 18.8. The first kappa shape index (κ1) is 22.1. The Hall–Kier alpha value is -3.09. The summed E-state index contributed by atoms with van der Waals surface area (Å²) in [5, 5.41) is 3.46. The van der Waals surface area contributed by atoms with Gasteiger partial charge in [-0.1, -0.05) is 30.3 Å². The maximum atomic E-state index is 13.4. The Morgan fingerprint density at radius 2 is 1.94 bits per heavy atom. The van der Waals surface area contributed by atoms with E-state index in [0.29, 0.717) is 11.7 Å². The van der Waals surface area contributed by atoms with Gasteiger partial charge in [-0.15, -0.1) is 0 Å². The van der Waals surface area contributed by atoms with Gasteiger partial charge in [-0.05, 0) is 48.4 Å². The second kappa shape index (κ2) is 10.0. The molecule has 6 heteroatoms. The van der Waals surface area contributed by atoms with Gasteiger partial charge in [-0.2, -0.15) is 0 Å². The highest BCUT2D eigenvalue weighted by Crippen LogP contribution is 2.20. The van der Waals surface area contributed by atoms with E-state index in [1.54, 1.807) is 24.2 Å². The SMILES string of the molecule is C[C@H]1CN(Cc2ccc(N(C)C(=O)Cc3ccc(-c4cccc(F)c4)nc3)cc2)CCN1. The summed E-state index contributed by atoms with van der Waals surface area (Å²) >= 11 is 0. The first-order chi connectivity index (χ1) is 15.5. The van der Waals surface area contributed by atoms with Gasteiger partial charge in [-0.25, -0.2) is 4.39 Å². The lowest BCUT2D eigenvalue weighted by atomic mass is 10.1. The summed E-state index contributed by atoms with van der Waals surface area (Å²) in [6.07, 6.45) is 1.94. The van der Waals surface area contributed by atoms with Gasteiger partial charge in [0.2, 0.25) is 5.91 Å². The molecule has 1 amide bonds. The molecule has 166 valence electrons. The number of amides is 1.